The summed E-state index contributed by atoms with van der Waals surface area (Å²) in [6.07, 6.45) is 3.62. The van der Waals surface area contributed by atoms with Crippen LogP contribution in [0.2, 0.25) is 0 Å². The molecule has 1 aliphatic rings. The van der Waals surface area contributed by atoms with Gasteiger partial charge in [-0.25, -0.2) is 8.42 Å². The first kappa shape index (κ1) is 15.7. The molecule has 1 aromatic carbocycles. The van der Waals surface area contributed by atoms with Gasteiger partial charge in [0.05, 0.1) is 35.3 Å². The van der Waals surface area contributed by atoms with E-state index in [1.165, 1.54) is 6.20 Å². The van der Waals surface area contributed by atoms with E-state index in [0.29, 0.717) is 18.5 Å². The second-order valence-corrected chi connectivity index (χ2v) is 8.45. The molecule has 3 rings (SSSR count). The Morgan fingerprint density at radius 2 is 2.09 bits per heavy atom. The first-order valence-electron chi connectivity index (χ1n) is 7.45. The number of sulfone groups is 1. The van der Waals surface area contributed by atoms with Crippen molar-refractivity contribution in [3.05, 3.63) is 53.9 Å². The number of nitrogens with zero attached hydrogens (tertiary/aromatic N) is 2. The van der Waals surface area contributed by atoms with E-state index in [2.05, 4.69) is 10.4 Å². The van der Waals surface area contributed by atoms with Crippen molar-refractivity contribution < 1.29 is 13.2 Å². The summed E-state index contributed by atoms with van der Waals surface area (Å²) in [5, 5.41) is 7.03. The fourth-order valence-corrected chi connectivity index (χ4v) is 4.89. The molecule has 1 unspecified atom stereocenters. The van der Waals surface area contributed by atoms with E-state index in [1.54, 1.807) is 17.8 Å². The number of nitrogens with one attached hydrogen (secondary N) is 1. The summed E-state index contributed by atoms with van der Waals surface area (Å²) in [6, 6.07) is 9.83. The van der Waals surface area contributed by atoms with Gasteiger partial charge in [0.1, 0.15) is 0 Å². The monoisotopic (exact) mass is 333 g/mol. The second kappa shape index (κ2) is 5.81. The standard InChI is InChI=1S/C16H19N3O3S/c1-16(7-8-23(21,22)12-16)18-15(20)14-9-17-19(11-14)10-13-5-3-2-4-6-13/h2-6,9,11H,7-8,10,12H2,1H3,(H,18,20). The molecule has 7 heteroatoms. The van der Waals surface area contributed by atoms with E-state index in [9.17, 15) is 13.2 Å². The van der Waals surface area contributed by atoms with Gasteiger partial charge in [0.2, 0.25) is 0 Å². The largest absolute Gasteiger partial charge is 0.346 e. The minimum absolute atomic E-state index is 0.0100. The van der Waals surface area contributed by atoms with Crippen molar-refractivity contribution in [1.29, 1.82) is 0 Å². The molecular formula is C16H19N3O3S. The van der Waals surface area contributed by atoms with Crippen molar-refractivity contribution in [2.75, 3.05) is 11.5 Å². The summed E-state index contributed by atoms with van der Waals surface area (Å²) in [4.78, 5) is 12.3. The molecule has 0 aliphatic carbocycles. The molecule has 1 fully saturated rings. The minimum Gasteiger partial charge on any atom is -0.346 e. The van der Waals surface area contributed by atoms with Gasteiger partial charge in [0.25, 0.3) is 5.91 Å². The van der Waals surface area contributed by atoms with Gasteiger partial charge in [-0.05, 0) is 18.9 Å². The van der Waals surface area contributed by atoms with Crippen LogP contribution < -0.4 is 5.32 Å². The maximum absolute atomic E-state index is 12.3. The van der Waals surface area contributed by atoms with Gasteiger partial charge in [0.15, 0.2) is 9.84 Å². The number of hydrogen-bond acceptors (Lipinski definition) is 4. The van der Waals surface area contributed by atoms with Crippen molar-refractivity contribution in [2.45, 2.75) is 25.4 Å². The molecule has 1 N–H and O–H groups in total. The predicted octanol–water partition coefficient (Wildman–Crippen LogP) is 1.24. The number of rotatable bonds is 4. The van der Waals surface area contributed by atoms with E-state index in [-0.39, 0.29) is 17.4 Å². The molecule has 0 saturated carbocycles. The lowest BCUT2D eigenvalue weighted by Crippen LogP contribution is -2.46. The van der Waals surface area contributed by atoms with Crippen LogP contribution in [0.4, 0.5) is 0 Å². The fraction of sp³-hybridized carbons (Fsp3) is 0.375. The average molecular weight is 333 g/mol. The third kappa shape index (κ3) is 3.79. The Morgan fingerprint density at radius 1 is 1.35 bits per heavy atom. The number of aromatic nitrogens is 2. The Bertz CT molecular complexity index is 814. The Kier molecular flexibility index (Phi) is 3.97. The molecule has 6 nitrogen and oxygen atoms in total. The van der Waals surface area contributed by atoms with E-state index >= 15 is 0 Å². The third-order valence-electron chi connectivity index (χ3n) is 4.00. The zero-order chi connectivity index (χ0) is 16.5. The first-order valence-corrected chi connectivity index (χ1v) is 9.27. The zero-order valence-corrected chi connectivity index (χ0v) is 13.7. The number of benzene rings is 1. The molecule has 1 aromatic heterocycles. The Hall–Kier alpha value is -2.15. The van der Waals surface area contributed by atoms with Crippen molar-refractivity contribution >= 4 is 15.7 Å². The van der Waals surface area contributed by atoms with Crippen LogP contribution in [-0.2, 0) is 16.4 Å². The predicted molar refractivity (Wildman–Crippen MR) is 86.9 cm³/mol. The lowest BCUT2D eigenvalue weighted by Gasteiger charge is -2.23. The molecule has 2 aromatic rings. The van der Waals surface area contributed by atoms with E-state index in [0.717, 1.165) is 5.56 Å². The van der Waals surface area contributed by atoms with E-state index in [4.69, 9.17) is 0 Å². The highest BCUT2D eigenvalue weighted by atomic mass is 32.2. The lowest BCUT2D eigenvalue weighted by atomic mass is 10.0. The second-order valence-electron chi connectivity index (χ2n) is 6.27. The van der Waals surface area contributed by atoms with Crippen LogP contribution in [0.25, 0.3) is 0 Å². The van der Waals surface area contributed by atoms with E-state index in [1.807, 2.05) is 30.3 Å². The van der Waals surface area contributed by atoms with E-state index < -0.39 is 15.4 Å². The van der Waals surface area contributed by atoms with Crippen LogP contribution >= 0.6 is 0 Å². The van der Waals surface area contributed by atoms with Gasteiger partial charge in [-0.3, -0.25) is 9.48 Å². The van der Waals surface area contributed by atoms with Crippen molar-refractivity contribution in [3.8, 4) is 0 Å². The van der Waals surface area contributed by atoms with Crippen LogP contribution in [0, 0.1) is 0 Å². The summed E-state index contributed by atoms with van der Waals surface area (Å²) in [6.45, 7) is 2.35. The quantitative estimate of drug-likeness (QED) is 0.913. The lowest BCUT2D eigenvalue weighted by molar-refractivity contribution is 0.0915. The first-order chi connectivity index (χ1) is 10.9. The van der Waals surface area contributed by atoms with Gasteiger partial charge < -0.3 is 5.32 Å². The van der Waals surface area contributed by atoms with Crippen LogP contribution in [0.15, 0.2) is 42.7 Å². The molecule has 2 heterocycles. The van der Waals surface area contributed by atoms with Gasteiger partial charge in [-0.15, -0.1) is 0 Å². The molecule has 0 radical (unpaired) electrons. The molecule has 1 amide bonds. The van der Waals surface area contributed by atoms with Crippen LogP contribution in [0.1, 0.15) is 29.3 Å². The molecule has 1 saturated heterocycles. The van der Waals surface area contributed by atoms with Gasteiger partial charge in [0, 0.05) is 6.20 Å². The zero-order valence-electron chi connectivity index (χ0n) is 12.9. The normalized spacial score (nSPS) is 22.8. The summed E-state index contributed by atoms with van der Waals surface area (Å²) in [7, 11) is -3.05. The number of amides is 1. The molecule has 0 bridgehead atoms. The minimum atomic E-state index is -3.05. The smallest absolute Gasteiger partial charge is 0.254 e. The van der Waals surface area contributed by atoms with Crippen molar-refractivity contribution in [3.63, 3.8) is 0 Å². The van der Waals surface area contributed by atoms with Gasteiger partial charge in [-0.2, -0.15) is 5.10 Å². The van der Waals surface area contributed by atoms with Crippen molar-refractivity contribution in [1.82, 2.24) is 15.1 Å². The van der Waals surface area contributed by atoms with Gasteiger partial charge in [-0.1, -0.05) is 30.3 Å². The summed E-state index contributed by atoms with van der Waals surface area (Å²) in [5.74, 6) is -0.176. The molecule has 0 spiro atoms. The highest BCUT2D eigenvalue weighted by Gasteiger charge is 2.39. The Labute approximate surface area is 135 Å². The molecule has 1 aliphatic heterocycles. The highest BCUT2D eigenvalue weighted by Crippen LogP contribution is 2.23. The number of carbonyl (C=O) groups excluding carboxylic acids is 1. The van der Waals surface area contributed by atoms with Crippen molar-refractivity contribution in [2.24, 2.45) is 0 Å². The Morgan fingerprint density at radius 3 is 2.74 bits per heavy atom. The average Bonchev–Trinajstić information content (AvgIpc) is 3.04. The maximum Gasteiger partial charge on any atom is 0.254 e. The highest BCUT2D eigenvalue weighted by molar-refractivity contribution is 7.91. The maximum atomic E-state index is 12.3. The molecular weight excluding hydrogens is 314 g/mol. The SMILES string of the molecule is CC1(NC(=O)c2cnn(Cc3ccccc3)c2)CCS(=O)(=O)C1. The van der Waals surface area contributed by atoms with Crippen LogP contribution in [-0.4, -0.2) is 41.2 Å². The molecule has 23 heavy (non-hydrogen) atoms. The summed E-state index contributed by atoms with van der Waals surface area (Å²) < 4.78 is 24.9. The van der Waals surface area contributed by atoms with Crippen LogP contribution in [0.5, 0.6) is 0 Å². The fourth-order valence-electron chi connectivity index (χ4n) is 2.79. The summed E-state index contributed by atoms with van der Waals surface area (Å²) >= 11 is 0. The molecule has 1 atom stereocenters. The third-order valence-corrected chi connectivity index (χ3v) is 5.90. The molecule has 122 valence electrons. The van der Waals surface area contributed by atoms with Crippen LogP contribution in [0.3, 0.4) is 0 Å². The summed E-state index contributed by atoms with van der Waals surface area (Å²) in [5.41, 5.74) is 0.833. The Balaban J connectivity index is 1.67. The number of carbonyl (C=O) groups is 1. The van der Waals surface area contributed by atoms with Gasteiger partial charge >= 0.3 is 0 Å². The number of hydrogen-bond donors (Lipinski definition) is 1. The topological polar surface area (TPSA) is 81.1 Å².